The third-order valence-corrected chi connectivity index (χ3v) is 2.18. The lowest BCUT2D eigenvalue weighted by Gasteiger charge is -2.19. The highest BCUT2D eigenvalue weighted by atomic mass is 16.7. The first-order chi connectivity index (χ1) is 7.19. The van der Waals surface area contributed by atoms with E-state index in [1.54, 1.807) is 0 Å². The first kappa shape index (κ1) is 12.3. The SMILES string of the molecule is [B]c1ccc(C(OCC)OCC)c(C)c1. The summed E-state index contributed by atoms with van der Waals surface area (Å²) in [7, 11) is 5.69. The fraction of sp³-hybridized carbons (Fsp3) is 0.500. The summed E-state index contributed by atoms with van der Waals surface area (Å²) in [6.07, 6.45) is -0.277. The second kappa shape index (κ2) is 5.94. The largest absolute Gasteiger partial charge is 0.349 e. The van der Waals surface area contributed by atoms with Crippen LogP contribution in [0.1, 0.15) is 31.3 Å². The zero-order valence-electron chi connectivity index (χ0n) is 9.62. The van der Waals surface area contributed by atoms with Crippen LogP contribution in [0.2, 0.25) is 0 Å². The molecule has 15 heavy (non-hydrogen) atoms. The highest BCUT2D eigenvalue weighted by molar-refractivity contribution is 6.32. The van der Waals surface area contributed by atoms with Crippen LogP contribution in [-0.2, 0) is 9.47 Å². The van der Waals surface area contributed by atoms with E-state index in [0.717, 1.165) is 16.6 Å². The van der Waals surface area contributed by atoms with Gasteiger partial charge in [0, 0.05) is 18.8 Å². The maximum Gasteiger partial charge on any atom is 0.184 e. The van der Waals surface area contributed by atoms with Crippen LogP contribution in [0.3, 0.4) is 0 Å². The van der Waals surface area contributed by atoms with Crippen LogP contribution < -0.4 is 5.46 Å². The lowest BCUT2D eigenvalue weighted by Crippen LogP contribution is -2.12. The van der Waals surface area contributed by atoms with Crippen molar-refractivity contribution in [3.63, 3.8) is 0 Å². The average molecular weight is 204 g/mol. The van der Waals surface area contributed by atoms with Gasteiger partial charge in [0.05, 0.1) is 0 Å². The topological polar surface area (TPSA) is 18.5 Å². The van der Waals surface area contributed by atoms with E-state index < -0.39 is 0 Å². The molecule has 0 aromatic heterocycles. The molecule has 0 fully saturated rings. The molecule has 0 aliphatic heterocycles. The van der Waals surface area contributed by atoms with Crippen molar-refractivity contribution in [2.75, 3.05) is 13.2 Å². The summed E-state index contributed by atoms with van der Waals surface area (Å²) in [5, 5.41) is 0. The van der Waals surface area contributed by atoms with E-state index in [1.807, 2.05) is 39.0 Å². The van der Waals surface area contributed by atoms with Gasteiger partial charge in [-0.1, -0.05) is 23.7 Å². The van der Waals surface area contributed by atoms with Crippen LogP contribution in [0.4, 0.5) is 0 Å². The zero-order chi connectivity index (χ0) is 11.3. The average Bonchev–Trinajstić information content (AvgIpc) is 2.17. The van der Waals surface area contributed by atoms with E-state index in [1.165, 1.54) is 0 Å². The van der Waals surface area contributed by atoms with E-state index in [2.05, 4.69) is 0 Å². The molecule has 0 spiro atoms. The van der Waals surface area contributed by atoms with Gasteiger partial charge in [0.2, 0.25) is 0 Å². The van der Waals surface area contributed by atoms with E-state index in [0.29, 0.717) is 13.2 Å². The Morgan fingerprint density at radius 3 is 2.27 bits per heavy atom. The number of rotatable bonds is 5. The summed E-state index contributed by atoms with van der Waals surface area (Å²) in [6, 6.07) is 5.76. The smallest absolute Gasteiger partial charge is 0.184 e. The molecular weight excluding hydrogens is 187 g/mol. The summed E-state index contributed by atoms with van der Waals surface area (Å²) in [4.78, 5) is 0. The Balaban J connectivity index is 2.89. The molecular formula is C12H17BO2. The third-order valence-electron chi connectivity index (χ3n) is 2.18. The summed E-state index contributed by atoms with van der Waals surface area (Å²) in [5.74, 6) is 0. The van der Waals surface area contributed by atoms with Crippen molar-refractivity contribution in [2.24, 2.45) is 0 Å². The van der Waals surface area contributed by atoms with Crippen molar-refractivity contribution >= 4 is 13.3 Å². The Bertz CT molecular complexity index is 306. The Morgan fingerprint density at radius 1 is 1.20 bits per heavy atom. The van der Waals surface area contributed by atoms with E-state index in [4.69, 9.17) is 17.3 Å². The third kappa shape index (κ3) is 3.36. The van der Waals surface area contributed by atoms with Crippen LogP contribution in [0, 0.1) is 6.92 Å². The number of aryl methyl sites for hydroxylation is 1. The molecule has 0 saturated carbocycles. The molecule has 1 rings (SSSR count). The summed E-state index contributed by atoms with van der Waals surface area (Å²) < 4.78 is 11.1. The molecule has 0 N–H and O–H groups in total. The molecule has 1 aromatic rings. The normalized spacial score (nSPS) is 10.9. The standard InChI is InChI=1S/C12H17BO2/c1-4-14-12(15-5-2)11-7-6-10(13)8-9(11)3/h6-8,12H,4-5H2,1-3H3. The Hall–Kier alpha value is -0.795. The predicted octanol–water partition coefficient (Wildman–Crippen LogP) is 1.86. The second-order valence-electron chi connectivity index (χ2n) is 3.36. The van der Waals surface area contributed by atoms with Gasteiger partial charge in [-0.05, 0) is 26.3 Å². The number of ether oxygens (including phenoxy) is 2. The van der Waals surface area contributed by atoms with Gasteiger partial charge in [0.1, 0.15) is 7.85 Å². The van der Waals surface area contributed by atoms with Gasteiger partial charge < -0.3 is 9.47 Å². The van der Waals surface area contributed by atoms with Gasteiger partial charge in [0.25, 0.3) is 0 Å². The second-order valence-corrected chi connectivity index (χ2v) is 3.36. The monoisotopic (exact) mass is 204 g/mol. The van der Waals surface area contributed by atoms with Crippen molar-refractivity contribution in [1.29, 1.82) is 0 Å². The van der Waals surface area contributed by atoms with Crippen LogP contribution in [0.15, 0.2) is 18.2 Å². The predicted molar refractivity (Wildman–Crippen MR) is 62.6 cm³/mol. The highest BCUT2D eigenvalue weighted by Crippen LogP contribution is 2.21. The Morgan fingerprint density at radius 2 is 1.80 bits per heavy atom. The molecule has 2 nitrogen and oxygen atoms in total. The molecule has 0 amide bonds. The van der Waals surface area contributed by atoms with Crippen molar-refractivity contribution in [1.82, 2.24) is 0 Å². The summed E-state index contributed by atoms with van der Waals surface area (Å²) in [5.41, 5.74) is 2.91. The maximum absolute atomic E-state index is 5.69. The Labute approximate surface area is 93.0 Å². The summed E-state index contributed by atoms with van der Waals surface area (Å²) in [6.45, 7) is 7.19. The minimum Gasteiger partial charge on any atom is -0.349 e. The molecule has 0 aliphatic carbocycles. The molecule has 1 aromatic carbocycles. The molecule has 2 radical (unpaired) electrons. The van der Waals surface area contributed by atoms with Crippen LogP contribution in [0.5, 0.6) is 0 Å². The van der Waals surface area contributed by atoms with E-state index in [-0.39, 0.29) is 6.29 Å². The lowest BCUT2D eigenvalue weighted by molar-refractivity contribution is -0.140. The van der Waals surface area contributed by atoms with Crippen molar-refractivity contribution < 1.29 is 9.47 Å². The number of hydrogen-bond acceptors (Lipinski definition) is 2. The first-order valence-electron chi connectivity index (χ1n) is 5.28. The molecule has 0 aliphatic rings. The molecule has 0 heterocycles. The molecule has 80 valence electrons. The van der Waals surface area contributed by atoms with Gasteiger partial charge in [-0.3, -0.25) is 0 Å². The van der Waals surface area contributed by atoms with Gasteiger partial charge in [0.15, 0.2) is 6.29 Å². The van der Waals surface area contributed by atoms with Crippen molar-refractivity contribution in [2.45, 2.75) is 27.1 Å². The fourth-order valence-corrected chi connectivity index (χ4v) is 1.49. The van der Waals surface area contributed by atoms with Gasteiger partial charge in [-0.2, -0.15) is 0 Å². The van der Waals surface area contributed by atoms with Gasteiger partial charge >= 0.3 is 0 Å². The molecule has 0 bridgehead atoms. The van der Waals surface area contributed by atoms with Gasteiger partial charge in [-0.15, -0.1) is 0 Å². The van der Waals surface area contributed by atoms with E-state index in [9.17, 15) is 0 Å². The minimum atomic E-state index is -0.277. The molecule has 0 saturated heterocycles. The van der Waals surface area contributed by atoms with Crippen molar-refractivity contribution in [3.05, 3.63) is 29.3 Å². The minimum absolute atomic E-state index is 0.277. The molecule has 0 unspecified atom stereocenters. The summed E-state index contributed by atoms with van der Waals surface area (Å²) >= 11 is 0. The number of benzene rings is 1. The van der Waals surface area contributed by atoms with Crippen LogP contribution >= 0.6 is 0 Å². The quantitative estimate of drug-likeness (QED) is 0.538. The van der Waals surface area contributed by atoms with Gasteiger partial charge in [-0.25, -0.2) is 0 Å². The zero-order valence-corrected chi connectivity index (χ0v) is 9.62. The lowest BCUT2D eigenvalue weighted by atomic mass is 9.92. The molecule has 0 atom stereocenters. The van der Waals surface area contributed by atoms with Crippen LogP contribution in [-0.4, -0.2) is 21.1 Å². The fourth-order valence-electron chi connectivity index (χ4n) is 1.49. The number of hydrogen-bond donors (Lipinski definition) is 0. The highest BCUT2D eigenvalue weighted by Gasteiger charge is 2.13. The van der Waals surface area contributed by atoms with E-state index >= 15 is 0 Å². The Kier molecular flexibility index (Phi) is 4.86. The van der Waals surface area contributed by atoms with Crippen LogP contribution in [0.25, 0.3) is 0 Å². The maximum atomic E-state index is 5.69. The first-order valence-corrected chi connectivity index (χ1v) is 5.28. The molecule has 3 heteroatoms. The van der Waals surface area contributed by atoms with Crippen molar-refractivity contribution in [3.8, 4) is 0 Å².